The summed E-state index contributed by atoms with van der Waals surface area (Å²) in [5, 5.41) is 3.02. The van der Waals surface area contributed by atoms with Gasteiger partial charge >= 0.3 is 0 Å². The number of hydrogen-bond donors (Lipinski definition) is 2. The van der Waals surface area contributed by atoms with Gasteiger partial charge in [0.05, 0.1) is 18.7 Å². The van der Waals surface area contributed by atoms with E-state index in [-0.39, 0.29) is 17.7 Å². The molecule has 0 radical (unpaired) electrons. The van der Waals surface area contributed by atoms with Crippen LogP contribution in [0.3, 0.4) is 0 Å². The molecule has 2 atom stereocenters. The van der Waals surface area contributed by atoms with E-state index in [0.29, 0.717) is 18.0 Å². The molecule has 0 unspecified atom stereocenters. The summed E-state index contributed by atoms with van der Waals surface area (Å²) in [6.07, 6.45) is 1.60. The van der Waals surface area contributed by atoms with Crippen LogP contribution in [0.4, 0.5) is 5.69 Å². The molecule has 3 rings (SSSR count). The minimum atomic E-state index is -0.506. The van der Waals surface area contributed by atoms with E-state index in [0.717, 1.165) is 30.5 Å². The average molecular weight is 381 g/mol. The molecule has 6 nitrogen and oxygen atoms in total. The number of nitrogens with two attached hydrogens (primary N) is 1. The van der Waals surface area contributed by atoms with Gasteiger partial charge in [0.1, 0.15) is 11.8 Å². The highest BCUT2D eigenvalue weighted by Gasteiger charge is 2.33. The Bertz CT molecular complexity index is 838. The number of hydrogen-bond acceptors (Lipinski definition) is 4. The molecule has 0 spiro atoms. The number of aryl methyl sites for hydroxylation is 1. The number of nitrogens with zero attached hydrogens (tertiary/aromatic N) is 1. The first-order valence-corrected chi connectivity index (χ1v) is 9.53. The number of amides is 2. The predicted molar refractivity (Wildman–Crippen MR) is 109 cm³/mol. The van der Waals surface area contributed by atoms with Gasteiger partial charge in [0, 0.05) is 6.54 Å². The molecule has 28 heavy (non-hydrogen) atoms. The van der Waals surface area contributed by atoms with Gasteiger partial charge in [-0.15, -0.1) is 0 Å². The highest BCUT2D eigenvalue weighted by molar-refractivity contribution is 5.97. The number of primary amides is 1. The number of methoxy groups -OCH3 is 1. The van der Waals surface area contributed by atoms with Crippen molar-refractivity contribution in [2.24, 2.45) is 11.7 Å². The predicted octanol–water partition coefficient (Wildman–Crippen LogP) is 2.88. The first-order chi connectivity index (χ1) is 13.5. The van der Waals surface area contributed by atoms with Crippen LogP contribution in [-0.2, 0) is 9.59 Å². The van der Waals surface area contributed by atoms with Gasteiger partial charge in [-0.05, 0) is 49.6 Å². The van der Waals surface area contributed by atoms with Crippen LogP contribution in [0.25, 0.3) is 0 Å². The third-order valence-corrected chi connectivity index (χ3v) is 5.20. The Morgan fingerprint density at radius 3 is 2.64 bits per heavy atom. The maximum atomic E-state index is 13.3. The van der Waals surface area contributed by atoms with Crippen LogP contribution >= 0.6 is 0 Å². The smallest absolute Gasteiger partial charge is 0.246 e. The molecule has 3 N–H and O–H groups in total. The molecule has 0 bridgehead atoms. The number of carbonyl (C=O) groups is 2. The SMILES string of the molecule is COc1ccc(C)cc1NC(=O)[C@H](c1ccccc1)N1CCC[C@H](C(N)=O)C1. The fourth-order valence-corrected chi connectivity index (χ4v) is 3.76. The summed E-state index contributed by atoms with van der Waals surface area (Å²) >= 11 is 0. The van der Waals surface area contributed by atoms with Crippen molar-refractivity contribution >= 4 is 17.5 Å². The third-order valence-electron chi connectivity index (χ3n) is 5.20. The summed E-state index contributed by atoms with van der Waals surface area (Å²) in [7, 11) is 1.58. The largest absolute Gasteiger partial charge is 0.495 e. The zero-order chi connectivity index (χ0) is 20.1. The molecule has 1 aliphatic rings. The first kappa shape index (κ1) is 19.9. The van der Waals surface area contributed by atoms with Gasteiger partial charge in [-0.2, -0.15) is 0 Å². The third kappa shape index (κ3) is 4.51. The Balaban J connectivity index is 1.90. The van der Waals surface area contributed by atoms with Crippen LogP contribution in [0.1, 0.15) is 30.0 Å². The molecular formula is C22H27N3O3. The van der Waals surface area contributed by atoms with Crippen molar-refractivity contribution in [2.45, 2.75) is 25.8 Å². The maximum Gasteiger partial charge on any atom is 0.246 e. The number of anilines is 1. The lowest BCUT2D eigenvalue weighted by atomic mass is 9.94. The van der Waals surface area contributed by atoms with E-state index < -0.39 is 6.04 Å². The van der Waals surface area contributed by atoms with Crippen LogP contribution in [0.5, 0.6) is 5.75 Å². The second kappa shape index (κ2) is 8.89. The van der Waals surface area contributed by atoms with E-state index in [1.165, 1.54) is 0 Å². The Morgan fingerprint density at radius 2 is 1.96 bits per heavy atom. The van der Waals surface area contributed by atoms with Crippen molar-refractivity contribution in [2.75, 3.05) is 25.5 Å². The van der Waals surface area contributed by atoms with Gasteiger partial charge in [0.2, 0.25) is 11.8 Å². The minimum Gasteiger partial charge on any atom is -0.495 e. The number of rotatable bonds is 6. The van der Waals surface area contributed by atoms with Gasteiger partial charge in [0.25, 0.3) is 0 Å². The van der Waals surface area contributed by atoms with Crippen LogP contribution in [-0.4, -0.2) is 36.9 Å². The Morgan fingerprint density at radius 1 is 1.21 bits per heavy atom. The number of piperidine rings is 1. The lowest BCUT2D eigenvalue weighted by Gasteiger charge is -2.36. The number of likely N-dealkylation sites (tertiary alicyclic amines) is 1. The zero-order valence-electron chi connectivity index (χ0n) is 16.4. The second-order valence-electron chi connectivity index (χ2n) is 7.24. The van der Waals surface area contributed by atoms with Gasteiger partial charge in [-0.1, -0.05) is 36.4 Å². The van der Waals surface area contributed by atoms with E-state index in [9.17, 15) is 9.59 Å². The normalized spacial score (nSPS) is 18.3. The lowest BCUT2D eigenvalue weighted by Crippen LogP contribution is -2.46. The summed E-state index contributed by atoms with van der Waals surface area (Å²) in [5.41, 5.74) is 8.09. The van der Waals surface area contributed by atoms with Crippen molar-refractivity contribution < 1.29 is 14.3 Å². The number of benzene rings is 2. The van der Waals surface area contributed by atoms with Crippen molar-refractivity contribution in [1.29, 1.82) is 0 Å². The van der Waals surface area contributed by atoms with E-state index in [1.807, 2.05) is 60.4 Å². The topological polar surface area (TPSA) is 84.7 Å². The highest BCUT2D eigenvalue weighted by atomic mass is 16.5. The summed E-state index contributed by atoms with van der Waals surface area (Å²) in [6.45, 7) is 3.18. The first-order valence-electron chi connectivity index (χ1n) is 9.53. The van der Waals surface area contributed by atoms with Crippen molar-refractivity contribution in [3.8, 4) is 5.75 Å². The molecule has 2 amide bonds. The van der Waals surface area contributed by atoms with Crippen LogP contribution < -0.4 is 15.8 Å². The van der Waals surface area contributed by atoms with Gasteiger partial charge in [0.15, 0.2) is 0 Å². The molecule has 148 valence electrons. The molecule has 0 saturated carbocycles. The van der Waals surface area contributed by atoms with E-state index in [1.54, 1.807) is 7.11 Å². The van der Waals surface area contributed by atoms with Crippen molar-refractivity contribution in [3.05, 3.63) is 59.7 Å². The Labute approximate surface area is 165 Å². The summed E-state index contributed by atoms with van der Waals surface area (Å²) in [6, 6.07) is 14.8. The van der Waals surface area contributed by atoms with Crippen LogP contribution in [0, 0.1) is 12.8 Å². The fraction of sp³-hybridized carbons (Fsp3) is 0.364. The van der Waals surface area contributed by atoms with Gasteiger partial charge in [-0.3, -0.25) is 14.5 Å². The van der Waals surface area contributed by atoms with Gasteiger partial charge in [-0.25, -0.2) is 0 Å². The molecule has 1 heterocycles. The summed E-state index contributed by atoms with van der Waals surface area (Å²) < 4.78 is 5.39. The molecule has 1 aliphatic heterocycles. The quantitative estimate of drug-likeness (QED) is 0.806. The number of carbonyl (C=O) groups excluding carboxylic acids is 2. The molecule has 2 aromatic rings. The summed E-state index contributed by atoms with van der Waals surface area (Å²) in [4.78, 5) is 27.1. The lowest BCUT2D eigenvalue weighted by molar-refractivity contribution is -0.127. The minimum absolute atomic E-state index is 0.153. The van der Waals surface area contributed by atoms with Crippen LogP contribution in [0.2, 0.25) is 0 Å². The Hall–Kier alpha value is -2.86. The number of nitrogens with one attached hydrogen (secondary N) is 1. The molecule has 0 aromatic heterocycles. The van der Waals surface area contributed by atoms with Crippen molar-refractivity contribution in [3.63, 3.8) is 0 Å². The van der Waals surface area contributed by atoms with Crippen LogP contribution in [0.15, 0.2) is 48.5 Å². The fourth-order valence-electron chi connectivity index (χ4n) is 3.76. The van der Waals surface area contributed by atoms with E-state index in [2.05, 4.69) is 5.32 Å². The zero-order valence-corrected chi connectivity index (χ0v) is 16.4. The Kier molecular flexibility index (Phi) is 6.31. The molecule has 6 heteroatoms. The van der Waals surface area contributed by atoms with E-state index >= 15 is 0 Å². The molecule has 2 aromatic carbocycles. The molecular weight excluding hydrogens is 354 g/mol. The molecule has 0 aliphatic carbocycles. The van der Waals surface area contributed by atoms with Crippen molar-refractivity contribution in [1.82, 2.24) is 4.90 Å². The highest BCUT2D eigenvalue weighted by Crippen LogP contribution is 2.31. The average Bonchev–Trinajstić information content (AvgIpc) is 2.69. The monoisotopic (exact) mass is 381 g/mol. The maximum absolute atomic E-state index is 13.3. The molecule has 1 fully saturated rings. The van der Waals surface area contributed by atoms with E-state index in [4.69, 9.17) is 10.5 Å². The second-order valence-corrected chi connectivity index (χ2v) is 7.24. The summed E-state index contributed by atoms with van der Waals surface area (Å²) in [5.74, 6) is -0.0850. The molecule has 1 saturated heterocycles. The standard InChI is InChI=1S/C22H27N3O3/c1-15-10-11-19(28-2)18(13-15)24-22(27)20(16-7-4-3-5-8-16)25-12-6-9-17(14-25)21(23)26/h3-5,7-8,10-11,13,17,20H,6,9,12,14H2,1-2H3,(H2,23,26)(H,24,27)/t17-,20-/m0/s1. The number of ether oxygens (including phenoxy) is 1. The van der Waals surface area contributed by atoms with Gasteiger partial charge < -0.3 is 15.8 Å².